The lowest BCUT2D eigenvalue weighted by molar-refractivity contribution is -0.138. The molecule has 0 aromatic heterocycles. The Morgan fingerprint density at radius 3 is 2.44 bits per heavy atom. The summed E-state index contributed by atoms with van der Waals surface area (Å²) in [6.45, 7) is 3.06. The van der Waals surface area contributed by atoms with Crippen molar-refractivity contribution in [3.63, 3.8) is 0 Å². The van der Waals surface area contributed by atoms with Crippen LogP contribution in [0, 0.1) is 5.92 Å². The number of rotatable bonds is 6. The van der Waals surface area contributed by atoms with Crippen molar-refractivity contribution < 1.29 is 9.90 Å². The zero-order valence-corrected chi connectivity index (χ0v) is 10.4. The standard InChI is InChI=1S/C13H25NO2/c1-2-9-14-12(10-13(15)16)11-7-5-3-4-6-8-11/h11-12,14H,2-10H2,1H3,(H,15,16). The van der Waals surface area contributed by atoms with Gasteiger partial charge in [-0.05, 0) is 31.7 Å². The van der Waals surface area contributed by atoms with E-state index in [0.29, 0.717) is 5.92 Å². The predicted molar refractivity (Wildman–Crippen MR) is 65.5 cm³/mol. The summed E-state index contributed by atoms with van der Waals surface area (Å²) in [5, 5.41) is 12.4. The molecular weight excluding hydrogens is 202 g/mol. The highest BCUT2D eigenvalue weighted by Crippen LogP contribution is 2.26. The number of nitrogens with one attached hydrogen (secondary N) is 1. The van der Waals surface area contributed by atoms with Crippen LogP contribution in [0.25, 0.3) is 0 Å². The monoisotopic (exact) mass is 227 g/mol. The van der Waals surface area contributed by atoms with Gasteiger partial charge in [0, 0.05) is 6.04 Å². The Morgan fingerprint density at radius 1 is 1.31 bits per heavy atom. The van der Waals surface area contributed by atoms with Crippen LogP contribution in [0.15, 0.2) is 0 Å². The number of hydrogen-bond acceptors (Lipinski definition) is 2. The Labute approximate surface area is 98.6 Å². The summed E-state index contributed by atoms with van der Waals surface area (Å²) < 4.78 is 0. The largest absolute Gasteiger partial charge is 0.481 e. The molecule has 1 atom stereocenters. The van der Waals surface area contributed by atoms with Crippen molar-refractivity contribution in [2.75, 3.05) is 6.54 Å². The zero-order chi connectivity index (χ0) is 11.8. The minimum Gasteiger partial charge on any atom is -0.481 e. The van der Waals surface area contributed by atoms with Gasteiger partial charge in [0.2, 0.25) is 0 Å². The molecule has 0 aromatic carbocycles. The first-order valence-electron chi connectivity index (χ1n) is 6.69. The summed E-state index contributed by atoms with van der Waals surface area (Å²) in [4.78, 5) is 10.9. The van der Waals surface area contributed by atoms with Gasteiger partial charge in [-0.3, -0.25) is 4.79 Å². The highest BCUT2D eigenvalue weighted by atomic mass is 16.4. The fraction of sp³-hybridized carbons (Fsp3) is 0.923. The van der Waals surface area contributed by atoms with Crippen molar-refractivity contribution in [1.29, 1.82) is 0 Å². The second kappa shape index (κ2) is 7.66. The van der Waals surface area contributed by atoms with Crippen LogP contribution in [0.3, 0.4) is 0 Å². The van der Waals surface area contributed by atoms with Crippen LogP contribution in [0.5, 0.6) is 0 Å². The SMILES string of the molecule is CCCNC(CC(=O)O)C1CCCCCC1. The van der Waals surface area contributed by atoms with Gasteiger partial charge in [0.1, 0.15) is 0 Å². The maximum atomic E-state index is 10.9. The lowest BCUT2D eigenvalue weighted by atomic mass is 9.89. The molecule has 1 saturated carbocycles. The smallest absolute Gasteiger partial charge is 0.304 e. The molecule has 0 spiro atoms. The van der Waals surface area contributed by atoms with Crippen LogP contribution in [-0.4, -0.2) is 23.7 Å². The molecule has 1 unspecified atom stereocenters. The second-order valence-corrected chi connectivity index (χ2v) is 4.91. The minimum absolute atomic E-state index is 0.190. The molecule has 3 nitrogen and oxygen atoms in total. The number of carbonyl (C=O) groups is 1. The summed E-state index contributed by atoms with van der Waals surface area (Å²) in [6.07, 6.45) is 8.95. The second-order valence-electron chi connectivity index (χ2n) is 4.91. The topological polar surface area (TPSA) is 49.3 Å². The van der Waals surface area contributed by atoms with Crippen LogP contribution in [0.4, 0.5) is 0 Å². The van der Waals surface area contributed by atoms with E-state index in [-0.39, 0.29) is 12.5 Å². The Morgan fingerprint density at radius 2 is 1.94 bits per heavy atom. The van der Waals surface area contributed by atoms with Gasteiger partial charge in [0.05, 0.1) is 6.42 Å². The summed E-state index contributed by atoms with van der Waals surface area (Å²) in [5.74, 6) is -0.0944. The van der Waals surface area contributed by atoms with Gasteiger partial charge in [-0.1, -0.05) is 32.6 Å². The van der Waals surface area contributed by atoms with E-state index in [2.05, 4.69) is 12.2 Å². The molecule has 0 heterocycles. The maximum absolute atomic E-state index is 10.9. The molecular formula is C13H25NO2. The Bertz CT molecular complexity index is 198. The normalized spacial score (nSPS) is 20.3. The fourth-order valence-electron chi connectivity index (χ4n) is 2.64. The average Bonchev–Trinajstić information content (AvgIpc) is 2.52. The quantitative estimate of drug-likeness (QED) is 0.686. The molecule has 0 aliphatic heterocycles. The van der Waals surface area contributed by atoms with Crippen LogP contribution < -0.4 is 5.32 Å². The molecule has 0 radical (unpaired) electrons. The van der Waals surface area contributed by atoms with Crippen LogP contribution in [-0.2, 0) is 4.79 Å². The molecule has 1 fully saturated rings. The molecule has 2 N–H and O–H groups in total. The Hall–Kier alpha value is -0.570. The first-order valence-corrected chi connectivity index (χ1v) is 6.69. The molecule has 1 aliphatic carbocycles. The molecule has 94 valence electrons. The fourth-order valence-corrected chi connectivity index (χ4v) is 2.64. The summed E-state index contributed by atoms with van der Waals surface area (Å²) in [7, 11) is 0. The van der Waals surface area contributed by atoms with Gasteiger partial charge in [0.15, 0.2) is 0 Å². The first kappa shape index (κ1) is 13.5. The highest BCUT2D eigenvalue weighted by Gasteiger charge is 2.24. The van der Waals surface area contributed by atoms with Gasteiger partial charge in [-0.25, -0.2) is 0 Å². The van der Waals surface area contributed by atoms with E-state index in [4.69, 9.17) is 5.11 Å². The third kappa shape index (κ3) is 4.97. The van der Waals surface area contributed by atoms with Crippen molar-refractivity contribution >= 4 is 5.97 Å². The van der Waals surface area contributed by atoms with E-state index >= 15 is 0 Å². The molecule has 0 bridgehead atoms. The molecule has 0 amide bonds. The number of carboxylic acid groups (broad SMARTS) is 1. The average molecular weight is 227 g/mol. The van der Waals surface area contributed by atoms with Crippen LogP contribution >= 0.6 is 0 Å². The van der Waals surface area contributed by atoms with Gasteiger partial charge in [-0.15, -0.1) is 0 Å². The van der Waals surface area contributed by atoms with Crippen LogP contribution in [0.2, 0.25) is 0 Å². The molecule has 1 aliphatic rings. The summed E-state index contributed by atoms with van der Waals surface area (Å²) >= 11 is 0. The van der Waals surface area contributed by atoms with E-state index in [1.165, 1.54) is 38.5 Å². The molecule has 16 heavy (non-hydrogen) atoms. The zero-order valence-electron chi connectivity index (χ0n) is 10.4. The maximum Gasteiger partial charge on any atom is 0.304 e. The van der Waals surface area contributed by atoms with Crippen molar-refractivity contribution in [2.45, 2.75) is 64.3 Å². The van der Waals surface area contributed by atoms with E-state index in [0.717, 1.165) is 13.0 Å². The third-order valence-corrected chi connectivity index (χ3v) is 3.52. The first-order chi connectivity index (χ1) is 7.74. The number of carboxylic acids is 1. The predicted octanol–water partition coefficient (Wildman–Crippen LogP) is 2.80. The lowest BCUT2D eigenvalue weighted by Gasteiger charge is -2.26. The summed E-state index contributed by atoms with van der Waals surface area (Å²) in [6, 6.07) is 0.190. The summed E-state index contributed by atoms with van der Waals surface area (Å²) in [5.41, 5.74) is 0. The van der Waals surface area contributed by atoms with Gasteiger partial charge in [0.25, 0.3) is 0 Å². The molecule has 3 heteroatoms. The van der Waals surface area contributed by atoms with Crippen molar-refractivity contribution in [1.82, 2.24) is 5.32 Å². The highest BCUT2D eigenvalue weighted by molar-refractivity contribution is 5.67. The van der Waals surface area contributed by atoms with E-state index in [1.807, 2.05) is 0 Å². The van der Waals surface area contributed by atoms with Gasteiger partial charge < -0.3 is 10.4 Å². The molecule has 0 aromatic rings. The van der Waals surface area contributed by atoms with Crippen molar-refractivity contribution in [3.8, 4) is 0 Å². The van der Waals surface area contributed by atoms with E-state index < -0.39 is 5.97 Å². The number of hydrogen-bond donors (Lipinski definition) is 2. The Balaban J connectivity index is 2.46. The number of aliphatic carboxylic acids is 1. The Kier molecular flexibility index (Phi) is 6.46. The minimum atomic E-state index is -0.669. The third-order valence-electron chi connectivity index (χ3n) is 3.52. The van der Waals surface area contributed by atoms with Gasteiger partial charge in [-0.2, -0.15) is 0 Å². The van der Waals surface area contributed by atoms with Crippen molar-refractivity contribution in [2.24, 2.45) is 5.92 Å². The van der Waals surface area contributed by atoms with Crippen molar-refractivity contribution in [3.05, 3.63) is 0 Å². The van der Waals surface area contributed by atoms with Gasteiger partial charge >= 0.3 is 5.97 Å². The van der Waals surface area contributed by atoms with Crippen LogP contribution in [0.1, 0.15) is 58.3 Å². The molecule has 1 rings (SSSR count). The van der Waals surface area contributed by atoms with E-state index in [9.17, 15) is 4.79 Å². The molecule has 0 saturated heterocycles. The lowest BCUT2D eigenvalue weighted by Crippen LogP contribution is -2.38. The van der Waals surface area contributed by atoms with E-state index in [1.54, 1.807) is 0 Å².